The van der Waals surface area contributed by atoms with Crippen molar-refractivity contribution < 1.29 is 0 Å². The second-order valence-electron chi connectivity index (χ2n) is 10.1. The Morgan fingerprint density at radius 1 is 0.909 bits per heavy atom. The van der Waals surface area contributed by atoms with Crippen LogP contribution >= 0.6 is 0 Å². The monoisotopic (exact) mass is 303 g/mol. The Balaban J connectivity index is 1.37. The zero-order chi connectivity index (χ0) is 15.4. The van der Waals surface area contributed by atoms with Gasteiger partial charge < -0.3 is 4.90 Å². The quantitative estimate of drug-likeness (QED) is 0.679. The van der Waals surface area contributed by atoms with Crippen LogP contribution in [0.3, 0.4) is 0 Å². The number of nitrogens with zero attached hydrogens (tertiary/aromatic N) is 1. The van der Waals surface area contributed by atoms with Gasteiger partial charge in [0.15, 0.2) is 0 Å². The molecule has 0 spiro atoms. The largest absolute Gasteiger partial charge is 0.302 e. The van der Waals surface area contributed by atoms with E-state index in [9.17, 15) is 0 Å². The molecule has 2 atom stereocenters. The van der Waals surface area contributed by atoms with Crippen molar-refractivity contribution in [1.29, 1.82) is 0 Å². The molecule has 1 saturated heterocycles. The zero-order valence-electron chi connectivity index (χ0n) is 15.2. The number of fused-ring (bicyclic) bond motifs is 4. The Labute approximate surface area is 138 Å². The van der Waals surface area contributed by atoms with Gasteiger partial charge >= 0.3 is 0 Å². The molecule has 1 unspecified atom stereocenters. The summed E-state index contributed by atoms with van der Waals surface area (Å²) in [5, 5.41) is 0. The second-order valence-corrected chi connectivity index (χ2v) is 10.1. The summed E-state index contributed by atoms with van der Waals surface area (Å²) in [5.41, 5.74) is 1.16. The molecule has 3 aliphatic carbocycles. The van der Waals surface area contributed by atoms with Crippen LogP contribution in [0.4, 0.5) is 0 Å². The lowest BCUT2D eigenvalue weighted by Gasteiger charge is -2.51. The van der Waals surface area contributed by atoms with E-state index in [0.717, 1.165) is 23.7 Å². The Hall–Kier alpha value is -0.0400. The molecule has 4 rings (SSSR count). The number of hydrogen-bond donors (Lipinski definition) is 0. The summed E-state index contributed by atoms with van der Waals surface area (Å²) in [6.45, 7) is 11.8. The van der Waals surface area contributed by atoms with Gasteiger partial charge in [0.25, 0.3) is 0 Å². The molecule has 0 amide bonds. The van der Waals surface area contributed by atoms with Crippen molar-refractivity contribution in [1.82, 2.24) is 4.90 Å². The van der Waals surface area contributed by atoms with Crippen LogP contribution in [0.25, 0.3) is 0 Å². The van der Waals surface area contributed by atoms with Crippen molar-refractivity contribution in [3.05, 3.63) is 0 Å². The SMILES string of the molecule is CC1(C)C2CC[C@]1(C)CN(CCC1C3CCCC1CCC3)C2. The van der Waals surface area contributed by atoms with Gasteiger partial charge in [0, 0.05) is 13.1 Å². The summed E-state index contributed by atoms with van der Waals surface area (Å²) in [7, 11) is 0. The summed E-state index contributed by atoms with van der Waals surface area (Å²) in [6.07, 6.45) is 13.7. The number of piperidine rings is 1. The van der Waals surface area contributed by atoms with Crippen LogP contribution in [0.15, 0.2) is 0 Å². The van der Waals surface area contributed by atoms with Crippen molar-refractivity contribution in [2.45, 2.75) is 78.6 Å². The third kappa shape index (κ3) is 2.38. The fourth-order valence-corrected chi connectivity index (χ4v) is 6.93. The van der Waals surface area contributed by atoms with Gasteiger partial charge in [-0.1, -0.05) is 59.3 Å². The van der Waals surface area contributed by atoms with Gasteiger partial charge in [0.2, 0.25) is 0 Å². The molecule has 0 aromatic rings. The van der Waals surface area contributed by atoms with Crippen LogP contribution in [-0.2, 0) is 0 Å². The van der Waals surface area contributed by atoms with E-state index in [1.165, 1.54) is 51.7 Å². The molecule has 1 heteroatoms. The first-order chi connectivity index (χ1) is 10.5. The molecule has 1 aliphatic heterocycles. The van der Waals surface area contributed by atoms with E-state index in [1.807, 2.05) is 0 Å². The fraction of sp³-hybridized carbons (Fsp3) is 1.00. The van der Waals surface area contributed by atoms with Crippen LogP contribution in [0.1, 0.15) is 78.6 Å². The maximum Gasteiger partial charge on any atom is 0.00407 e. The lowest BCUT2D eigenvalue weighted by molar-refractivity contribution is -0.0247. The molecule has 4 fully saturated rings. The predicted molar refractivity (Wildman–Crippen MR) is 93.8 cm³/mol. The Morgan fingerprint density at radius 2 is 1.55 bits per heavy atom. The second kappa shape index (κ2) is 5.50. The third-order valence-electron chi connectivity index (χ3n) is 8.96. The van der Waals surface area contributed by atoms with E-state index < -0.39 is 0 Å². The minimum Gasteiger partial charge on any atom is -0.302 e. The molecule has 1 heterocycles. The lowest BCUT2D eigenvalue weighted by Crippen LogP contribution is -2.52. The fourth-order valence-electron chi connectivity index (χ4n) is 6.93. The summed E-state index contributed by atoms with van der Waals surface area (Å²) in [5.74, 6) is 4.24. The smallest absolute Gasteiger partial charge is 0.00407 e. The maximum absolute atomic E-state index is 2.87. The Bertz CT molecular complexity index is 392. The number of likely N-dealkylation sites (tertiary alicyclic amines) is 1. The van der Waals surface area contributed by atoms with Crippen LogP contribution < -0.4 is 0 Å². The van der Waals surface area contributed by atoms with Gasteiger partial charge in [0.05, 0.1) is 0 Å². The molecular formula is C21H37N. The first-order valence-corrected chi connectivity index (χ1v) is 10.2. The average Bonchev–Trinajstić information content (AvgIpc) is 2.62. The van der Waals surface area contributed by atoms with Gasteiger partial charge in [-0.05, 0) is 60.3 Å². The Morgan fingerprint density at radius 3 is 2.14 bits per heavy atom. The highest BCUT2D eigenvalue weighted by Gasteiger charge is 2.55. The molecule has 0 aromatic carbocycles. The summed E-state index contributed by atoms with van der Waals surface area (Å²) < 4.78 is 0. The van der Waals surface area contributed by atoms with Gasteiger partial charge in [-0.2, -0.15) is 0 Å². The predicted octanol–water partition coefficient (Wildman–Crippen LogP) is 5.35. The average molecular weight is 304 g/mol. The van der Waals surface area contributed by atoms with Crippen LogP contribution in [0, 0.1) is 34.5 Å². The molecule has 126 valence electrons. The molecule has 22 heavy (non-hydrogen) atoms. The van der Waals surface area contributed by atoms with E-state index in [1.54, 1.807) is 25.7 Å². The first-order valence-electron chi connectivity index (χ1n) is 10.2. The summed E-state index contributed by atoms with van der Waals surface area (Å²) in [4.78, 5) is 2.87. The molecule has 4 bridgehead atoms. The van der Waals surface area contributed by atoms with Gasteiger partial charge in [-0.3, -0.25) is 0 Å². The van der Waals surface area contributed by atoms with Gasteiger partial charge in [-0.25, -0.2) is 0 Å². The van der Waals surface area contributed by atoms with Crippen LogP contribution in [0.5, 0.6) is 0 Å². The highest BCUT2D eigenvalue weighted by Crippen LogP contribution is 2.59. The van der Waals surface area contributed by atoms with Crippen LogP contribution in [0.2, 0.25) is 0 Å². The molecule has 0 N–H and O–H groups in total. The summed E-state index contributed by atoms with van der Waals surface area (Å²) in [6, 6.07) is 0. The van der Waals surface area contributed by atoms with E-state index in [0.29, 0.717) is 10.8 Å². The highest BCUT2D eigenvalue weighted by atomic mass is 15.2. The number of rotatable bonds is 3. The number of hydrogen-bond acceptors (Lipinski definition) is 1. The Kier molecular flexibility index (Phi) is 3.87. The van der Waals surface area contributed by atoms with E-state index in [2.05, 4.69) is 25.7 Å². The van der Waals surface area contributed by atoms with Crippen molar-refractivity contribution in [2.24, 2.45) is 34.5 Å². The van der Waals surface area contributed by atoms with Crippen molar-refractivity contribution in [3.63, 3.8) is 0 Å². The van der Waals surface area contributed by atoms with Crippen molar-refractivity contribution in [2.75, 3.05) is 19.6 Å². The van der Waals surface area contributed by atoms with E-state index in [4.69, 9.17) is 0 Å². The first kappa shape index (κ1) is 15.5. The minimum absolute atomic E-state index is 0.574. The topological polar surface area (TPSA) is 3.24 Å². The van der Waals surface area contributed by atoms with E-state index >= 15 is 0 Å². The normalized spacial score (nSPS) is 47.6. The molecule has 3 saturated carbocycles. The highest BCUT2D eigenvalue weighted by molar-refractivity contribution is 5.06. The molecule has 4 aliphatic rings. The lowest BCUT2D eigenvalue weighted by atomic mass is 9.62. The van der Waals surface area contributed by atoms with Crippen LogP contribution in [-0.4, -0.2) is 24.5 Å². The molecule has 1 nitrogen and oxygen atoms in total. The van der Waals surface area contributed by atoms with Crippen molar-refractivity contribution in [3.8, 4) is 0 Å². The summed E-state index contributed by atoms with van der Waals surface area (Å²) >= 11 is 0. The van der Waals surface area contributed by atoms with Gasteiger partial charge in [0.1, 0.15) is 0 Å². The zero-order valence-corrected chi connectivity index (χ0v) is 15.2. The van der Waals surface area contributed by atoms with E-state index in [-0.39, 0.29) is 0 Å². The molecule has 0 aromatic heterocycles. The third-order valence-corrected chi connectivity index (χ3v) is 8.96. The standard InChI is InChI=1S/C21H37N/c1-20(2)18-10-12-21(20,3)15-22(14-18)13-11-19-16-6-4-7-17(19)9-5-8-16/h16-19H,4-15H2,1-3H3/t16?,17?,18?,19?,21-/m1/s1. The van der Waals surface area contributed by atoms with Crippen molar-refractivity contribution >= 4 is 0 Å². The minimum atomic E-state index is 0.574. The molecular weight excluding hydrogens is 266 g/mol. The van der Waals surface area contributed by atoms with Gasteiger partial charge in [-0.15, -0.1) is 0 Å². The molecule has 0 radical (unpaired) electrons. The maximum atomic E-state index is 2.87.